The minimum absolute atomic E-state index is 0.241. The van der Waals surface area contributed by atoms with Gasteiger partial charge in [-0.1, -0.05) is 37.0 Å². The third-order valence-electron chi connectivity index (χ3n) is 4.98. The Balaban J connectivity index is 1.94. The molecule has 0 radical (unpaired) electrons. The number of carbonyl (C=O) groups is 1. The standard InChI is InChI=1S/C20H22Cl2N2O4S/c1-4-23(5-2)29(26,27)15-6-7-18-13(10-15)8-9-24(18)20(25)14-11-16(21)19(28-3)17(22)12-14/h6-7,10-12H,4-5,8-9H2,1-3H3. The van der Waals surface area contributed by atoms with Crippen LogP contribution in [0.4, 0.5) is 5.69 Å². The minimum atomic E-state index is -3.55. The number of sulfonamides is 1. The van der Waals surface area contributed by atoms with E-state index in [1.54, 1.807) is 36.9 Å². The topological polar surface area (TPSA) is 66.9 Å². The second kappa shape index (κ2) is 8.52. The number of nitrogens with zero attached hydrogens (tertiary/aromatic N) is 2. The van der Waals surface area contributed by atoms with Crippen molar-refractivity contribution in [2.24, 2.45) is 0 Å². The second-order valence-electron chi connectivity index (χ2n) is 6.56. The number of anilines is 1. The van der Waals surface area contributed by atoms with Gasteiger partial charge in [0, 0.05) is 30.9 Å². The summed E-state index contributed by atoms with van der Waals surface area (Å²) in [4.78, 5) is 14.9. The lowest BCUT2D eigenvalue weighted by Gasteiger charge is -2.20. The molecule has 0 aliphatic carbocycles. The summed E-state index contributed by atoms with van der Waals surface area (Å²) in [6.45, 7) is 4.86. The molecule has 0 spiro atoms. The molecule has 156 valence electrons. The molecule has 29 heavy (non-hydrogen) atoms. The van der Waals surface area contributed by atoms with Crippen molar-refractivity contribution in [3.63, 3.8) is 0 Å². The largest absolute Gasteiger partial charge is 0.494 e. The first-order valence-corrected chi connectivity index (χ1v) is 11.4. The van der Waals surface area contributed by atoms with Gasteiger partial charge < -0.3 is 9.64 Å². The Labute approximate surface area is 181 Å². The third-order valence-corrected chi connectivity index (χ3v) is 7.59. The van der Waals surface area contributed by atoms with Crippen molar-refractivity contribution < 1.29 is 17.9 Å². The molecule has 0 saturated carbocycles. The molecule has 0 N–H and O–H groups in total. The van der Waals surface area contributed by atoms with Gasteiger partial charge in [-0.05, 0) is 42.3 Å². The molecule has 1 amide bonds. The molecule has 0 aromatic heterocycles. The van der Waals surface area contributed by atoms with Crippen molar-refractivity contribution in [1.29, 1.82) is 0 Å². The number of rotatable bonds is 6. The number of amides is 1. The summed E-state index contributed by atoms with van der Waals surface area (Å²) in [6.07, 6.45) is 0.570. The van der Waals surface area contributed by atoms with Gasteiger partial charge in [0.05, 0.1) is 22.1 Å². The van der Waals surface area contributed by atoms with Crippen molar-refractivity contribution in [3.05, 3.63) is 51.5 Å². The van der Waals surface area contributed by atoms with Crippen LogP contribution in [0, 0.1) is 0 Å². The number of hydrogen-bond donors (Lipinski definition) is 0. The van der Waals surface area contributed by atoms with Crippen LogP contribution in [0.5, 0.6) is 5.75 Å². The second-order valence-corrected chi connectivity index (χ2v) is 9.31. The van der Waals surface area contributed by atoms with E-state index in [2.05, 4.69) is 0 Å². The van der Waals surface area contributed by atoms with Crippen molar-refractivity contribution in [2.75, 3.05) is 31.6 Å². The van der Waals surface area contributed by atoms with Crippen molar-refractivity contribution in [1.82, 2.24) is 4.31 Å². The molecule has 1 aliphatic heterocycles. The van der Waals surface area contributed by atoms with Gasteiger partial charge in [-0.25, -0.2) is 8.42 Å². The molecule has 3 rings (SSSR count). The molecule has 1 heterocycles. The smallest absolute Gasteiger partial charge is 0.258 e. The van der Waals surface area contributed by atoms with E-state index in [1.807, 2.05) is 0 Å². The molecule has 9 heteroatoms. The van der Waals surface area contributed by atoms with Crippen LogP contribution in [0.3, 0.4) is 0 Å². The highest BCUT2D eigenvalue weighted by molar-refractivity contribution is 7.89. The van der Waals surface area contributed by atoms with E-state index in [4.69, 9.17) is 27.9 Å². The third kappa shape index (κ3) is 3.97. The first kappa shape index (κ1) is 21.9. The zero-order chi connectivity index (χ0) is 21.3. The molecule has 6 nitrogen and oxygen atoms in total. The summed E-state index contributed by atoms with van der Waals surface area (Å²) in [6, 6.07) is 7.93. The molecular formula is C20H22Cl2N2O4S. The fourth-order valence-corrected chi connectivity index (χ4v) is 5.65. The average Bonchev–Trinajstić information content (AvgIpc) is 3.11. The van der Waals surface area contributed by atoms with Crippen LogP contribution < -0.4 is 9.64 Å². The number of fused-ring (bicyclic) bond motifs is 1. The van der Waals surface area contributed by atoms with Crippen molar-refractivity contribution in [3.8, 4) is 5.75 Å². The predicted molar refractivity (Wildman–Crippen MR) is 115 cm³/mol. The lowest BCUT2D eigenvalue weighted by Crippen LogP contribution is -2.30. The van der Waals surface area contributed by atoms with Gasteiger partial charge >= 0.3 is 0 Å². The fourth-order valence-electron chi connectivity index (χ4n) is 3.50. The molecular weight excluding hydrogens is 435 g/mol. The maximum Gasteiger partial charge on any atom is 0.258 e. The Morgan fingerprint density at radius 2 is 1.76 bits per heavy atom. The minimum Gasteiger partial charge on any atom is -0.494 e. The van der Waals surface area contributed by atoms with Crippen LogP contribution in [0.2, 0.25) is 10.0 Å². The van der Waals surface area contributed by atoms with Crippen LogP contribution in [-0.2, 0) is 16.4 Å². The lowest BCUT2D eigenvalue weighted by atomic mass is 10.1. The van der Waals surface area contributed by atoms with Gasteiger partial charge in [0.1, 0.15) is 0 Å². The highest BCUT2D eigenvalue weighted by Gasteiger charge is 2.29. The molecule has 0 atom stereocenters. The maximum atomic E-state index is 13.0. The van der Waals surface area contributed by atoms with E-state index in [-0.39, 0.29) is 20.8 Å². The van der Waals surface area contributed by atoms with Crippen LogP contribution >= 0.6 is 23.2 Å². The SMILES string of the molecule is CCN(CC)S(=O)(=O)c1ccc2c(c1)CCN2C(=O)c1cc(Cl)c(OC)c(Cl)c1. The number of ether oxygens (including phenoxy) is 1. The Bertz CT molecular complexity index is 1030. The van der Waals surface area contributed by atoms with E-state index in [0.717, 1.165) is 5.56 Å². The van der Waals surface area contributed by atoms with Gasteiger partial charge in [0.25, 0.3) is 5.91 Å². The predicted octanol–water partition coefficient (Wildman–Crippen LogP) is 4.24. The van der Waals surface area contributed by atoms with E-state index >= 15 is 0 Å². The van der Waals surface area contributed by atoms with Gasteiger partial charge in [-0.3, -0.25) is 4.79 Å². The maximum absolute atomic E-state index is 13.0. The highest BCUT2D eigenvalue weighted by Crippen LogP contribution is 2.36. The van der Waals surface area contributed by atoms with Crippen molar-refractivity contribution in [2.45, 2.75) is 25.2 Å². The molecule has 0 unspecified atom stereocenters. The van der Waals surface area contributed by atoms with Gasteiger partial charge in [0.2, 0.25) is 10.0 Å². The van der Waals surface area contributed by atoms with Crippen LogP contribution in [0.1, 0.15) is 29.8 Å². The summed E-state index contributed by atoms with van der Waals surface area (Å²) in [5, 5.41) is 0.506. The van der Waals surface area contributed by atoms with E-state index in [9.17, 15) is 13.2 Å². The summed E-state index contributed by atoms with van der Waals surface area (Å²) in [5.74, 6) is 0.0625. The lowest BCUT2D eigenvalue weighted by molar-refractivity contribution is 0.0989. The Morgan fingerprint density at radius 1 is 1.14 bits per heavy atom. The summed E-state index contributed by atoms with van der Waals surface area (Å²) < 4.78 is 32.1. The number of methoxy groups -OCH3 is 1. The van der Waals surface area contributed by atoms with E-state index in [1.165, 1.54) is 23.5 Å². The first-order chi connectivity index (χ1) is 13.7. The molecule has 2 aromatic rings. The Kier molecular flexibility index (Phi) is 6.43. The quantitative estimate of drug-likeness (QED) is 0.651. The molecule has 1 aliphatic rings. The van der Waals surface area contributed by atoms with Crippen molar-refractivity contribution >= 4 is 44.8 Å². The average molecular weight is 457 g/mol. The summed E-state index contributed by atoms with van der Waals surface area (Å²) >= 11 is 12.3. The monoisotopic (exact) mass is 456 g/mol. The number of carbonyl (C=O) groups excluding carboxylic acids is 1. The zero-order valence-electron chi connectivity index (χ0n) is 16.4. The first-order valence-electron chi connectivity index (χ1n) is 9.22. The van der Waals surface area contributed by atoms with Crippen LogP contribution in [-0.4, -0.2) is 45.4 Å². The molecule has 0 bridgehead atoms. The van der Waals surface area contributed by atoms with Gasteiger partial charge in [-0.15, -0.1) is 0 Å². The Morgan fingerprint density at radius 3 is 2.31 bits per heavy atom. The summed E-state index contributed by atoms with van der Waals surface area (Å²) in [7, 11) is -2.10. The summed E-state index contributed by atoms with van der Waals surface area (Å²) in [5.41, 5.74) is 1.85. The van der Waals surface area contributed by atoms with E-state index < -0.39 is 10.0 Å². The number of benzene rings is 2. The number of hydrogen-bond acceptors (Lipinski definition) is 4. The molecule has 2 aromatic carbocycles. The van der Waals surface area contributed by atoms with E-state index in [0.29, 0.717) is 43.1 Å². The zero-order valence-corrected chi connectivity index (χ0v) is 18.7. The molecule has 0 fully saturated rings. The van der Waals surface area contributed by atoms with Gasteiger partial charge in [0.15, 0.2) is 5.75 Å². The molecule has 0 saturated heterocycles. The highest BCUT2D eigenvalue weighted by atomic mass is 35.5. The van der Waals surface area contributed by atoms with Crippen LogP contribution in [0.25, 0.3) is 0 Å². The fraction of sp³-hybridized carbons (Fsp3) is 0.350. The number of halogens is 2. The Hall–Kier alpha value is -1.80. The van der Waals surface area contributed by atoms with Gasteiger partial charge in [-0.2, -0.15) is 4.31 Å². The normalized spacial score (nSPS) is 13.7. The van der Waals surface area contributed by atoms with Crippen LogP contribution in [0.15, 0.2) is 35.2 Å².